The third-order valence-electron chi connectivity index (χ3n) is 7.38. The maximum atomic E-state index is 13.2. The Morgan fingerprint density at radius 2 is 1.58 bits per heavy atom. The zero-order chi connectivity index (χ0) is 34.4. The zero-order valence-electron chi connectivity index (χ0n) is 25.6. The summed E-state index contributed by atoms with van der Waals surface area (Å²) in [6, 6.07) is 14.9. The molecule has 0 spiro atoms. The summed E-state index contributed by atoms with van der Waals surface area (Å²) in [6.07, 6.45) is -4.79. The average molecular weight is 684 g/mol. The number of rotatable bonds is 8. The van der Waals surface area contributed by atoms with Crippen molar-refractivity contribution in [3.63, 3.8) is 0 Å². The Balaban J connectivity index is 1.21. The standard InChI is InChI=1S/C33H27F6N7OS/c1-18-23(8-9-26-25(18)16-42-46(26)17-31(2,3)47)30-24-14-28(41-15-19(24)10-11-40-30)43-21-4-6-22(7-5-21)48-45-29-13-20(32(34,35)36)12-27(44-29)33(37,38)39/h4-16,47H,17H2,1-3H3,(H,41,43)(H,44,45). The molecule has 4 heterocycles. The Kier molecular flexibility index (Phi) is 8.45. The SMILES string of the molecule is Cc1c(-c2nccc3cnc(Nc4ccc(SNc5cc(C(F)(F)F)cc(C(F)(F)F)n5)cc4)cc23)ccc2c1cnn2CC(C)(C)O. The van der Waals surface area contributed by atoms with Gasteiger partial charge < -0.3 is 15.1 Å². The van der Waals surface area contributed by atoms with Gasteiger partial charge in [-0.15, -0.1) is 0 Å². The number of pyridine rings is 3. The quantitative estimate of drug-likeness (QED) is 0.108. The van der Waals surface area contributed by atoms with Crippen LogP contribution in [0.15, 0.2) is 84.1 Å². The van der Waals surface area contributed by atoms with Crippen molar-refractivity contribution in [1.82, 2.24) is 24.7 Å². The highest BCUT2D eigenvalue weighted by Crippen LogP contribution is 2.37. The van der Waals surface area contributed by atoms with Gasteiger partial charge in [-0.2, -0.15) is 31.4 Å². The van der Waals surface area contributed by atoms with E-state index in [0.29, 0.717) is 29.0 Å². The first-order valence-electron chi connectivity index (χ1n) is 14.4. The van der Waals surface area contributed by atoms with E-state index in [1.165, 1.54) is 0 Å². The van der Waals surface area contributed by atoms with Crippen LogP contribution in [0.25, 0.3) is 32.9 Å². The summed E-state index contributed by atoms with van der Waals surface area (Å²) in [7, 11) is 0. The number of nitrogens with one attached hydrogen (secondary N) is 2. The van der Waals surface area contributed by atoms with E-state index in [1.54, 1.807) is 61.4 Å². The number of fused-ring (bicyclic) bond motifs is 2. The molecule has 4 aromatic heterocycles. The van der Waals surface area contributed by atoms with Gasteiger partial charge in [0.25, 0.3) is 0 Å². The number of aromatic nitrogens is 5. The number of alkyl halides is 6. The minimum atomic E-state index is -5.04. The van der Waals surface area contributed by atoms with E-state index >= 15 is 0 Å². The Labute approximate surface area is 274 Å². The number of benzene rings is 2. The van der Waals surface area contributed by atoms with Gasteiger partial charge in [0, 0.05) is 44.7 Å². The molecule has 0 aliphatic rings. The van der Waals surface area contributed by atoms with Crippen molar-refractivity contribution in [2.75, 3.05) is 10.0 Å². The van der Waals surface area contributed by atoms with E-state index in [0.717, 1.165) is 50.4 Å². The lowest BCUT2D eigenvalue weighted by Crippen LogP contribution is -2.26. The molecule has 48 heavy (non-hydrogen) atoms. The number of aliphatic hydroxyl groups is 1. The molecule has 248 valence electrons. The molecular formula is C33H27F6N7OS. The Hall–Kier alpha value is -4.89. The number of anilines is 3. The van der Waals surface area contributed by atoms with Gasteiger partial charge in [-0.05, 0) is 92.9 Å². The largest absolute Gasteiger partial charge is 0.433 e. The second-order valence-corrected chi connectivity index (χ2v) is 12.6. The topological polar surface area (TPSA) is 101 Å². The number of hydrogen-bond donors (Lipinski definition) is 3. The van der Waals surface area contributed by atoms with Gasteiger partial charge in [-0.25, -0.2) is 9.97 Å². The van der Waals surface area contributed by atoms with Crippen molar-refractivity contribution >= 4 is 50.9 Å². The molecule has 0 fully saturated rings. The molecular weight excluding hydrogens is 656 g/mol. The smallest absolute Gasteiger partial charge is 0.389 e. The van der Waals surface area contributed by atoms with Crippen LogP contribution in [0.2, 0.25) is 0 Å². The molecule has 0 unspecified atom stereocenters. The van der Waals surface area contributed by atoms with Crippen molar-refractivity contribution < 1.29 is 31.4 Å². The van der Waals surface area contributed by atoms with Crippen LogP contribution in [0, 0.1) is 6.92 Å². The zero-order valence-corrected chi connectivity index (χ0v) is 26.4. The molecule has 6 rings (SSSR count). The second kappa shape index (κ2) is 12.3. The Morgan fingerprint density at radius 1 is 0.833 bits per heavy atom. The summed E-state index contributed by atoms with van der Waals surface area (Å²) >= 11 is 0.817. The lowest BCUT2D eigenvalue weighted by Gasteiger charge is -2.18. The van der Waals surface area contributed by atoms with E-state index in [9.17, 15) is 31.4 Å². The Morgan fingerprint density at radius 3 is 2.27 bits per heavy atom. The molecule has 0 amide bonds. The lowest BCUT2D eigenvalue weighted by atomic mass is 9.98. The van der Waals surface area contributed by atoms with E-state index in [2.05, 4.69) is 25.1 Å². The van der Waals surface area contributed by atoms with Crippen LogP contribution < -0.4 is 10.0 Å². The minimum absolute atomic E-state index is 0.0221. The van der Waals surface area contributed by atoms with E-state index in [4.69, 9.17) is 4.98 Å². The van der Waals surface area contributed by atoms with Crippen LogP contribution in [-0.4, -0.2) is 35.4 Å². The molecule has 0 bridgehead atoms. The van der Waals surface area contributed by atoms with Crippen LogP contribution in [0.3, 0.4) is 0 Å². The molecule has 8 nitrogen and oxygen atoms in total. The molecule has 0 radical (unpaired) electrons. The normalized spacial score (nSPS) is 12.5. The number of aryl methyl sites for hydroxylation is 1. The van der Waals surface area contributed by atoms with Gasteiger partial charge in [-0.1, -0.05) is 6.07 Å². The summed E-state index contributed by atoms with van der Waals surface area (Å²) in [5, 5.41) is 20.7. The van der Waals surface area contributed by atoms with E-state index in [-0.39, 0.29) is 6.07 Å². The third-order valence-corrected chi connectivity index (χ3v) is 8.20. The van der Waals surface area contributed by atoms with Gasteiger partial charge >= 0.3 is 12.4 Å². The number of nitrogens with zero attached hydrogens (tertiary/aromatic N) is 5. The van der Waals surface area contributed by atoms with Crippen molar-refractivity contribution in [2.24, 2.45) is 0 Å². The van der Waals surface area contributed by atoms with Gasteiger partial charge in [0.1, 0.15) is 17.3 Å². The number of hydrogen-bond acceptors (Lipinski definition) is 8. The fraction of sp³-hybridized carbons (Fsp3) is 0.212. The van der Waals surface area contributed by atoms with Gasteiger partial charge in [0.2, 0.25) is 0 Å². The highest BCUT2D eigenvalue weighted by molar-refractivity contribution is 8.00. The van der Waals surface area contributed by atoms with Gasteiger partial charge in [-0.3, -0.25) is 9.67 Å². The van der Waals surface area contributed by atoms with E-state index < -0.39 is 35.0 Å². The summed E-state index contributed by atoms with van der Waals surface area (Å²) in [4.78, 5) is 13.0. The van der Waals surface area contributed by atoms with Crippen LogP contribution in [-0.2, 0) is 18.9 Å². The molecule has 0 atom stereocenters. The lowest BCUT2D eigenvalue weighted by molar-refractivity contribution is -0.145. The molecule has 3 N–H and O–H groups in total. The fourth-order valence-electron chi connectivity index (χ4n) is 5.15. The van der Waals surface area contributed by atoms with Crippen LogP contribution >= 0.6 is 11.9 Å². The maximum absolute atomic E-state index is 13.2. The summed E-state index contributed by atoms with van der Waals surface area (Å²) in [6.45, 7) is 5.80. The highest BCUT2D eigenvalue weighted by Gasteiger charge is 2.38. The number of halogens is 6. The molecule has 0 saturated heterocycles. The van der Waals surface area contributed by atoms with Gasteiger partial charge in [0.15, 0.2) is 0 Å². The summed E-state index contributed by atoms with van der Waals surface area (Å²) in [5.41, 5.74) is 0.169. The summed E-state index contributed by atoms with van der Waals surface area (Å²) < 4.78 is 83.2. The minimum Gasteiger partial charge on any atom is -0.389 e. The van der Waals surface area contributed by atoms with Crippen molar-refractivity contribution in [3.8, 4) is 11.3 Å². The molecule has 0 saturated carbocycles. The molecule has 15 heteroatoms. The first-order valence-corrected chi connectivity index (χ1v) is 15.3. The first-order chi connectivity index (χ1) is 22.5. The van der Waals surface area contributed by atoms with E-state index in [1.807, 2.05) is 31.2 Å². The third kappa shape index (κ3) is 7.16. The molecule has 2 aromatic carbocycles. The van der Waals surface area contributed by atoms with Crippen LogP contribution in [0.1, 0.15) is 30.7 Å². The summed E-state index contributed by atoms with van der Waals surface area (Å²) in [5.74, 6) is -0.0497. The monoisotopic (exact) mass is 683 g/mol. The predicted octanol–water partition coefficient (Wildman–Crippen LogP) is 9.02. The molecule has 0 aliphatic carbocycles. The second-order valence-electron chi connectivity index (χ2n) is 11.7. The van der Waals surface area contributed by atoms with Crippen molar-refractivity contribution in [2.45, 2.75) is 50.2 Å². The van der Waals surface area contributed by atoms with Crippen LogP contribution in [0.5, 0.6) is 0 Å². The highest BCUT2D eigenvalue weighted by atomic mass is 32.2. The van der Waals surface area contributed by atoms with Crippen molar-refractivity contribution in [3.05, 3.63) is 96.1 Å². The first kappa shape index (κ1) is 33.0. The Bertz CT molecular complexity index is 2090. The predicted molar refractivity (Wildman–Crippen MR) is 173 cm³/mol. The average Bonchev–Trinajstić information content (AvgIpc) is 3.41. The molecule has 6 aromatic rings. The molecule has 0 aliphatic heterocycles. The maximum Gasteiger partial charge on any atom is 0.433 e. The fourth-order valence-corrected chi connectivity index (χ4v) is 5.75. The van der Waals surface area contributed by atoms with Crippen molar-refractivity contribution in [1.29, 1.82) is 0 Å². The van der Waals surface area contributed by atoms with Gasteiger partial charge in [0.05, 0.1) is 35.1 Å². The van der Waals surface area contributed by atoms with Crippen LogP contribution in [0.4, 0.5) is 43.7 Å².